The lowest BCUT2D eigenvalue weighted by atomic mass is 10.3. The van der Waals surface area contributed by atoms with Gasteiger partial charge in [-0.05, 0) is 36.9 Å². The first kappa shape index (κ1) is 18.1. The fourth-order valence-electron chi connectivity index (χ4n) is 2.69. The largest absolute Gasteiger partial charge is 0.480 e. The number of carbonyl (C=O) groups excluding carboxylic acids is 1. The smallest absolute Gasteiger partial charge is 0.326 e. The van der Waals surface area contributed by atoms with E-state index in [4.69, 9.17) is 16.7 Å². The van der Waals surface area contributed by atoms with Crippen molar-refractivity contribution in [2.45, 2.75) is 29.6 Å². The van der Waals surface area contributed by atoms with Crippen molar-refractivity contribution in [3.8, 4) is 0 Å². The van der Waals surface area contributed by atoms with Gasteiger partial charge in [-0.1, -0.05) is 17.7 Å². The van der Waals surface area contributed by atoms with Crippen LogP contribution in [0.3, 0.4) is 0 Å². The predicted octanol–water partition coefficient (Wildman–Crippen LogP) is 1.91. The molecule has 25 heavy (non-hydrogen) atoms. The molecule has 2 aromatic rings. The molecule has 2 heterocycles. The molecule has 0 radical (unpaired) electrons. The molecule has 1 aliphatic rings. The maximum Gasteiger partial charge on any atom is 0.326 e. The van der Waals surface area contributed by atoms with Gasteiger partial charge in [-0.2, -0.15) is 4.72 Å². The van der Waals surface area contributed by atoms with Gasteiger partial charge in [0.25, 0.3) is 10.0 Å². The topological polar surface area (TPSA) is 104 Å². The zero-order chi connectivity index (χ0) is 18.4. The second-order valence-electron chi connectivity index (χ2n) is 5.76. The van der Waals surface area contributed by atoms with Gasteiger partial charge < -0.3 is 10.0 Å². The molecule has 1 fully saturated rings. The molecule has 0 saturated carbocycles. The minimum absolute atomic E-state index is 0.0855. The van der Waals surface area contributed by atoms with Crippen LogP contribution in [0.25, 0.3) is 10.1 Å². The van der Waals surface area contributed by atoms with Crippen molar-refractivity contribution in [2.24, 2.45) is 0 Å². The number of benzene rings is 1. The lowest BCUT2D eigenvalue weighted by Crippen LogP contribution is -2.46. The molecular weight excluding hydrogens is 388 g/mol. The number of hydrogen-bond acceptors (Lipinski definition) is 5. The molecule has 1 saturated heterocycles. The van der Waals surface area contributed by atoms with Crippen molar-refractivity contribution in [2.75, 3.05) is 6.54 Å². The van der Waals surface area contributed by atoms with Crippen LogP contribution in [-0.4, -0.2) is 48.9 Å². The quantitative estimate of drug-likeness (QED) is 0.795. The highest BCUT2D eigenvalue weighted by molar-refractivity contribution is 7.91. The Morgan fingerprint density at radius 3 is 2.84 bits per heavy atom. The number of aliphatic carboxylic acids is 1. The highest BCUT2D eigenvalue weighted by Crippen LogP contribution is 2.31. The summed E-state index contributed by atoms with van der Waals surface area (Å²) in [7, 11) is -3.89. The first-order valence-corrected chi connectivity index (χ1v) is 10.1. The van der Waals surface area contributed by atoms with Crippen molar-refractivity contribution >= 4 is 54.9 Å². The van der Waals surface area contributed by atoms with Crippen LogP contribution in [0.2, 0.25) is 5.02 Å². The molecular formula is C15H15ClN2O5S2. The van der Waals surface area contributed by atoms with Gasteiger partial charge in [0.05, 0.1) is 0 Å². The third-order valence-electron chi connectivity index (χ3n) is 4.09. The average molecular weight is 403 g/mol. The molecule has 0 spiro atoms. The van der Waals surface area contributed by atoms with E-state index in [9.17, 15) is 18.0 Å². The molecule has 7 nitrogen and oxygen atoms in total. The maximum atomic E-state index is 12.6. The summed E-state index contributed by atoms with van der Waals surface area (Å²) < 4.78 is 28.4. The fraction of sp³-hybridized carbons (Fsp3) is 0.333. The third kappa shape index (κ3) is 3.50. The number of nitrogens with zero attached hydrogens (tertiary/aromatic N) is 1. The second-order valence-corrected chi connectivity index (χ2v) is 9.22. The lowest BCUT2D eigenvalue weighted by molar-refractivity contribution is -0.147. The van der Waals surface area contributed by atoms with Crippen molar-refractivity contribution in [1.29, 1.82) is 0 Å². The number of sulfonamides is 1. The van der Waals surface area contributed by atoms with Crippen LogP contribution in [-0.2, 0) is 19.6 Å². The van der Waals surface area contributed by atoms with Gasteiger partial charge >= 0.3 is 5.97 Å². The summed E-state index contributed by atoms with van der Waals surface area (Å²) in [6.07, 6.45) is 0.229. The van der Waals surface area contributed by atoms with E-state index in [0.717, 1.165) is 21.4 Å². The van der Waals surface area contributed by atoms with Gasteiger partial charge in [-0.3, -0.25) is 4.79 Å². The number of rotatable bonds is 5. The zero-order valence-electron chi connectivity index (χ0n) is 13.1. The van der Waals surface area contributed by atoms with E-state index in [1.54, 1.807) is 18.2 Å². The molecule has 1 amide bonds. The van der Waals surface area contributed by atoms with E-state index in [-0.39, 0.29) is 17.2 Å². The first-order valence-electron chi connectivity index (χ1n) is 7.44. The molecule has 134 valence electrons. The van der Waals surface area contributed by atoms with Gasteiger partial charge in [0.1, 0.15) is 16.3 Å². The van der Waals surface area contributed by atoms with Crippen LogP contribution < -0.4 is 4.72 Å². The molecule has 2 N–H and O–H groups in total. The maximum absolute atomic E-state index is 12.6. The molecule has 10 heteroatoms. The molecule has 1 aromatic carbocycles. The summed E-state index contributed by atoms with van der Waals surface area (Å²) in [5.74, 6) is -1.65. The molecule has 0 unspecified atom stereocenters. The Kier molecular flexibility index (Phi) is 4.76. The molecule has 3 rings (SSSR count). The molecule has 1 aromatic heterocycles. The Morgan fingerprint density at radius 1 is 1.44 bits per heavy atom. The van der Waals surface area contributed by atoms with E-state index in [1.807, 2.05) is 0 Å². The monoisotopic (exact) mass is 402 g/mol. The number of carboxylic acid groups (broad SMARTS) is 1. The van der Waals surface area contributed by atoms with Crippen LogP contribution in [0.15, 0.2) is 28.5 Å². The van der Waals surface area contributed by atoms with Gasteiger partial charge in [-0.15, -0.1) is 11.3 Å². The van der Waals surface area contributed by atoms with E-state index in [0.29, 0.717) is 5.02 Å². The molecule has 1 aliphatic heterocycles. The van der Waals surface area contributed by atoms with Gasteiger partial charge in [0, 0.05) is 16.3 Å². The normalized spacial score (nSPS) is 19.5. The number of nitrogens with one attached hydrogen (secondary N) is 1. The Balaban J connectivity index is 1.81. The summed E-state index contributed by atoms with van der Waals surface area (Å²) in [5.41, 5.74) is 0. The van der Waals surface area contributed by atoms with Crippen molar-refractivity contribution in [3.63, 3.8) is 0 Å². The van der Waals surface area contributed by atoms with E-state index in [2.05, 4.69) is 4.72 Å². The standard InChI is InChI=1S/C15H15ClN2O5S2/c1-8(15(20)21)18-5-4-11(14(18)19)17-25(22,23)13-6-9-2-3-10(16)7-12(9)24-13/h2-3,6-8,11,17H,4-5H2,1H3,(H,20,21)/t8-,11-/m0/s1. The van der Waals surface area contributed by atoms with Crippen molar-refractivity contribution in [3.05, 3.63) is 29.3 Å². The fourth-order valence-corrected chi connectivity index (χ4v) is 5.60. The third-order valence-corrected chi connectivity index (χ3v) is 7.36. The Hall–Kier alpha value is -1.68. The SMILES string of the molecule is C[C@@H](C(=O)O)N1CC[C@H](NS(=O)(=O)c2cc3ccc(Cl)cc3s2)C1=O. The van der Waals surface area contributed by atoms with Crippen LogP contribution in [0, 0.1) is 0 Å². The summed E-state index contributed by atoms with van der Waals surface area (Å²) >= 11 is 6.97. The lowest BCUT2D eigenvalue weighted by Gasteiger charge is -2.21. The van der Waals surface area contributed by atoms with Crippen molar-refractivity contribution < 1.29 is 23.1 Å². The number of carbonyl (C=O) groups is 2. The van der Waals surface area contributed by atoms with Gasteiger partial charge in [0.2, 0.25) is 5.91 Å². The van der Waals surface area contributed by atoms with Crippen LogP contribution in [0.5, 0.6) is 0 Å². The highest BCUT2D eigenvalue weighted by atomic mass is 35.5. The van der Waals surface area contributed by atoms with Gasteiger partial charge in [-0.25, -0.2) is 13.2 Å². The Labute approximate surface area is 153 Å². The van der Waals surface area contributed by atoms with Crippen LogP contribution >= 0.6 is 22.9 Å². The Morgan fingerprint density at radius 2 is 2.16 bits per heavy atom. The van der Waals surface area contributed by atoms with E-state index < -0.39 is 34.0 Å². The molecule has 0 aliphatic carbocycles. The van der Waals surface area contributed by atoms with Crippen LogP contribution in [0.4, 0.5) is 0 Å². The predicted molar refractivity (Wildman–Crippen MR) is 94.4 cm³/mol. The van der Waals surface area contributed by atoms with Crippen molar-refractivity contribution in [1.82, 2.24) is 9.62 Å². The second kappa shape index (κ2) is 6.56. The number of hydrogen-bond donors (Lipinski definition) is 2. The molecule has 0 bridgehead atoms. The number of thiophene rings is 1. The first-order chi connectivity index (χ1) is 11.7. The minimum atomic E-state index is -3.89. The number of amides is 1. The summed E-state index contributed by atoms with van der Waals surface area (Å²) in [4.78, 5) is 24.5. The summed E-state index contributed by atoms with van der Waals surface area (Å²) in [5, 5.41) is 10.3. The zero-order valence-corrected chi connectivity index (χ0v) is 15.5. The number of fused-ring (bicyclic) bond motifs is 1. The van der Waals surface area contributed by atoms with Gasteiger partial charge in [0.15, 0.2) is 0 Å². The Bertz CT molecular complexity index is 956. The number of carboxylic acids is 1. The highest BCUT2D eigenvalue weighted by Gasteiger charge is 2.39. The number of likely N-dealkylation sites (tertiary alicyclic amines) is 1. The average Bonchev–Trinajstić information content (AvgIpc) is 3.11. The van der Waals surface area contributed by atoms with E-state index in [1.165, 1.54) is 17.9 Å². The van der Waals surface area contributed by atoms with Crippen LogP contribution in [0.1, 0.15) is 13.3 Å². The molecule has 2 atom stereocenters. The summed E-state index contributed by atoms with van der Waals surface area (Å²) in [6.45, 7) is 1.59. The number of halogens is 1. The minimum Gasteiger partial charge on any atom is -0.480 e. The van der Waals surface area contributed by atoms with E-state index >= 15 is 0 Å². The summed E-state index contributed by atoms with van der Waals surface area (Å²) in [6, 6.07) is 4.65.